The highest BCUT2D eigenvalue weighted by molar-refractivity contribution is 5.72. The van der Waals surface area contributed by atoms with E-state index in [2.05, 4.69) is 50.3 Å². The Bertz CT molecular complexity index is 948. The second kappa shape index (κ2) is 32.5. The second-order valence-electron chi connectivity index (χ2n) is 13.9. The summed E-state index contributed by atoms with van der Waals surface area (Å²) in [5.41, 5.74) is 0. The fourth-order valence-electron chi connectivity index (χ4n) is 5.26. The SMILES string of the molecule is CC/C=C/C=C/C=C/CCCCCCCC(=O)OC(COCCC(C(=O)O)[N+](C)(C)C)COC(=O)CCCCCCC/C=C/CCCCC. The maximum Gasteiger partial charge on any atom is 0.362 e. The molecular formula is C41H72NO7+. The van der Waals surface area contributed by atoms with Gasteiger partial charge in [-0.05, 0) is 57.8 Å². The normalized spacial score (nSPS) is 13.6. The summed E-state index contributed by atoms with van der Waals surface area (Å²) in [7, 11) is 5.50. The van der Waals surface area contributed by atoms with Gasteiger partial charge in [0.25, 0.3) is 0 Å². The lowest BCUT2D eigenvalue weighted by Gasteiger charge is -2.31. The maximum atomic E-state index is 12.6. The van der Waals surface area contributed by atoms with Crippen molar-refractivity contribution >= 4 is 17.9 Å². The number of hydrogen-bond donors (Lipinski definition) is 1. The molecule has 0 aliphatic carbocycles. The molecule has 8 nitrogen and oxygen atoms in total. The third-order valence-electron chi connectivity index (χ3n) is 8.27. The molecule has 0 spiro atoms. The zero-order valence-corrected chi connectivity index (χ0v) is 31.9. The summed E-state index contributed by atoms with van der Waals surface area (Å²) in [5.74, 6) is -1.51. The van der Waals surface area contributed by atoms with E-state index in [1.807, 2.05) is 33.3 Å². The predicted molar refractivity (Wildman–Crippen MR) is 201 cm³/mol. The number of carbonyl (C=O) groups excluding carboxylic acids is 2. The lowest BCUT2D eigenvalue weighted by molar-refractivity contribution is -0.887. The van der Waals surface area contributed by atoms with Gasteiger partial charge in [0, 0.05) is 19.3 Å². The molecule has 1 N–H and O–H groups in total. The van der Waals surface area contributed by atoms with Crippen LogP contribution in [0.4, 0.5) is 0 Å². The van der Waals surface area contributed by atoms with Crippen LogP contribution in [0, 0.1) is 0 Å². The average molecular weight is 691 g/mol. The van der Waals surface area contributed by atoms with Crippen LogP contribution in [0.2, 0.25) is 0 Å². The van der Waals surface area contributed by atoms with E-state index in [4.69, 9.17) is 14.2 Å². The molecule has 0 fully saturated rings. The molecule has 2 atom stereocenters. The Balaban J connectivity index is 4.48. The van der Waals surface area contributed by atoms with Gasteiger partial charge in [0.2, 0.25) is 0 Å². The van der Waals surface area contributed by atoms with Gasteiger partial charge in [-0.3, -0.25) is 9.59 Å². The van der Waals surface area contributed by atoms with E-state index in [0.29, 0.717) is 19.3 Å². The number of quaternary nitrogens is 1. The predicted octanol–water partition coefficient (Wildman–Crippen LogP) is 9.68. The number of hydrogen-bond acceptors (Lipinski definition) is 6. The van der Waals surface area contributed by atoms with Gasteiger partial charge >= 0.3 is 17.9 Å². The Morgan fingerprint density at radius 3 is 1.73 bits per heavy atom. The van der Waals surface area contributed by atoms with Gasteiger partial charge in [0.15, 0.2) is 12.1 Å². The lowest BCUT2D eigenvalue weighted by atomic mass is 10.1. The number of nitrogens with zero attached hydrogens (tertiary/aromatic N) is 1. The van der Waals surface area contributed by atoms with Gasteiger partial charge in [-0.15, -0.1) is 0 Å². The smallest absolute Gasteiger partial charge is 0.362 e. The van der Waals surface area contributed by atoms with Gasteiger partial charge < -0.3 is 23.8 Å². The minimum absolute atomic E-state index is 0.0488. The highest BCUT2D eigenvalue weighted by atomic mass is 16.6. The van der Waals surface area contributed by atoms with Gasteiger partial charge in [0.05, 0.1) is 34.4 Å². The van der Waals surface area contributed by atoms with Crippen LogP contribution in [-0.2, 0) is 28.6 Å². The van der Waals surface area contributed by atoms with Crippen molar-refractivity contribution in [2.75, 3.05) is 41.0 Å². The van der Waals surface area contributed by atoms with E-state index in [-0.39, 0.29) is 36.2 Å². The molecule has 0 aromatic heterocycles. The van der Waals surface area contributed by atoms with Gasteiger partial charge in [-0.25, -0.2) is 4.79 Å². The first-order valence-electron chi connectivity index (χ1n) is 19.2. The number of aliphatic carboxylic acids is 1. The van der Waals surface area contributed by atoms with Crippen molar-refractivity contribution < 1.29 is 38.2 Å². The number of allylic oxidation sites excluding steroid dienone is 8. The maximum absolute atomic E-state index is 12.6. The number of unbranched alkanes of at least 4 members (excludes halogenated alkanes) is 13. The third-order valence-corrected chi connectivity index (χ3v) is 8.27. The first kappa shape index (κ1) is 46.3. The first-order valence-corrected chi connectivity index (χ1v) is 19.2. The van der Waals surface area contributed by atoms with Crippen LogP contribution in [-0.4, -0.2) is 80.6 Å². The van der Waals surface area contributed by atoms with Crippen LogP contribution in [0.1, 0.15) is 142 Å². The quantitative estimate of drug-likeness (QED) is 0.0241. The molecule has 282 valence electrons. The van der Waals surface area contributed by atoms with Gasteiger partial charge in [-0.1, -0.05) is 114 Å². The molecule has 0 aliphatic heterocycles. The molecule has 0 amide bonds. The number of rotatable bonds is 33. The van der Waals surface area contributed by atoms with Crippen molar-refractivity contribution in [3.63, 3.8) is 0 Å². The Morgan fingerprint density at radius 1 is 0.633 bits per heavy atom. The molecule has 0 aliphatic rings. The minimum atomic E-state index is -0.883. The summed E-state index contributed by atoms with van der Waals surface area (Å²) < 4.78 is 17.2. The third kappa shape index (κ3) is 31.0. The van der Waals surface area contributed by atoms with Crippen molar-refractivity contribution in [3.8, 4) is 0 Å². The largest absolute Gasteiger partial charge is 0.477 e. The van der Waals surface area contributed by atoms with Gasteiger partial charge in [-0.2, -0.15) is 0 Å². The summed E-state index contributed by atoms with van der Waals surface area (Å²) in [4.78, 5) is 36.8. The van der Waals surface area contributed by atoms with Gasteiger partial charge in [0.1, 0.15) is 6.61 Å². The number of likely N-dealkylation sites (N-methyl/N-ethyl adjacent to an activating group) is 1. The van der Waals surface area contributed by atoms with Crippen molar-refractivity contribution in [1.82, 2.24) is 0 Å². The molecule has 49 heavy (non-hydrogen) atoms. The van der Waals surface area contributed by atoms with Crippen molar-refractivity contribution in [1.29, 1.82) is 0 Å². The molecular weight excluding hydrogens is 618 g/mol. The van der Waals surface area contributed by atoms with E-state index in [1.54, 1.807) is 0 Å². The molecule has 0 aromatic rings. The number of carboxylic acid groups (broad SMARTS) is 1. The van der Waals surface area contributed by atoms with E-state index in [1.165, 1.54) is 32.1 Å². The van der Waals surface area contributed by atoms with Crippen molar-refractivity contribution in [3.05, 3.63) is 48.6 Å². The fourth-order valence-corrected chi connectivity index (χ4v) is 5.26. The topological polar surface area (TPSA) is 99.1 Å². The van der Waals surface area contributed by atoms with Crippen LogP contribution in [0.3, 0.4) is 0 Å². The van der Waals surface area contributed by atoms with Crippen LogP contribution in [0.15, 0.2) is 48.6 Å². The van der Waals surface area contributed by atoms with Crippen LogP contribution < -0.4 is 0 Å². The molecule has 2 unspecified atom stereocenters. The van der Waals surface area contributed by atoms with Crippen molar-refractivity contribution in [2.24, 2.45) is 0 Å². The molecule has 0 heterocycles. The number of ether oxygens (including phenoxy) is 3. The van der Waals surface area contributed by atoms with Crippen LogP contribution in [0.25, 0.3) is 0 Å². The summed E-state index contributed by atoms with van der Waals surface area (Å²) in [5, 5.41) is 9.58. The standard InChI is InChI=1S/C41H71NO7/c1-6-8-10-12-14-16-18-20-22-24-26-28-30-32-40(44)49-37(35-47-34-33-38(41(45)46)42(3,4)5)36-48-39(43)31-29-27-25-23-21-19-17-15-13-11-9-7-2/h8,10,12,14-18,37-38H,6-7,9,11,13,19-36H2,1-5H3/p+1/b10-8+,14-12+,17-15+,18-16+. The molecule has 0 aromatic carbocycles. The zero-order chi connectivity index (χ0) is 36.4. The summed E-state index contributed by atoms with van der Waals surface area (Å²) in [6.45, 7) is 4.52. The Kier molecular flexibility index (Phi) is 30.7. The molecule has 0 radical (unpaired) electrons. The average Bonchev–Trinajstić information content (AvgIpc) is 3.05. The summed E-state index contributed by atoms with van der Waals surface area (Å²) in [6, 6.07) is -0.619. The number of carboxylic acids is 1. The monoisotopic (exact) mass is 691 g/mol. The molecule has 8 heteroatoms. The molecule has 0 rings (SSSR count). The number of carbonyl (C=O) groups is 3. The molecule has 0 saturated carbocycles. The Hall–Kier alpha value is -2.71. The fraction of sp³-hybridized carbons (Fsp3) is 0.732. The van der Waals surface area contributed by atoms with E-state index in [9.17, 15) is 19.5 Å². The van der Waals surface area contributed by atoms with Crippen LogP contribution in [0.5, 0.6) is 0 Å². The van der Waals surface area contributed by atoms with E-state index in [0.717, 1.165) is 77.0 Å². The Morgan fingerprint density at radius 2 is 1.16 bits per heavy atom. The van der Waals surface area contributed by atoms with Crippen LogP contribution >= 0.6 is 0 Å². The van der Waals surface area contributed by atoms with E-state index < -0.39 is 18.1 Å². The second-order valence-corrected chi connectivity index (χ2v) is 13.9. The molecule has 0 bridgehead atoms. The summed E-state index contributed by atoms with van der Waals surface area (Å²) >= 11 is 0. The Labute approximate surface area is 299 Å². The highest BCUT2D eigenvalue weighted by Gasteiger charge is 2.31. The minimum Gasteiger partial charge on any atom is -0.477 e. The van der Waals surface area contributed by atoms with E-state index >= 15 is 0 Å². The van der Waals surface area contributed by atoms with Crippen molar-refractivity contribution in [2.45, 2.75) is 154 Å². The lowest BCUT2D eigenvalue weighted by Crippen LogP contribution is -2.50. The number of esters is 2. The first-order chi connectivity index (χ1) is 23.6. The highest BCUT2D eigenvalue weighted by Crippen LogP contribution is 2.13. The molecule has 0 saturated heterocycles. The summed E-state index contributed by atoms with van der Waals surface area (Å²) in [6.07, 6.45) is 35.8. The zero-order valence-electron chi connectivity index (χ0n) is 31.9.